The minimum Gasteiger partial charge on any atom is -0.467 e. The van der Waals surface area contributed by atoms with Gasteiger partial charge < -0.3 is 14.6 Å². The fourth-order valence-electron chi connectivity index (χ4n) is 2.33. The maximum Gasteiger partial charge on any atom is 0.328 e. The molecule has 2 aromatic rings. The van der Waals surface area contributed by atoms with Crippen molar-refractivity contribution < 1.29 is 14.3 Å². The molecule has 2 heterocycles. The Hall–Kier alpha value is -2.70. The van der Waals surface area contributed by atoms with Crippen molar-refractivity contribution in [3.63, 3.8) is 0 Å². The van der Waals surface area contributed by atoms with E-state index in [0.29, 0.717) is 12.1 Å². The van der Waals surface area contributed by atoms with Crippen LogP contribution < -0.4 is 5.32 Å². The average molecular weight is 330 g/mol. The van der Waals surface area contributed by atoms with Gasteiger partial charge in [0.05, 0.1) is 19.1 Å². The van der Waals surface area contributed by atoms with Gasteiger partial charge in [-0.25, -0.2) is 9.78 Å². The van der Waals surface area contributed by atoms with Crippen molar-refractivity contribution in [1.29, 1.82) is 0 Å². The Balaban J connectivity index is 1.99. The molecule has 0 fully saturated rings. The molecular weight excluding hydrogens is 308 g/mol. The standard InChI is InChI=1S/C17H22N4O3/c1-12(2)8-14(17(23)24-3)20-16(22)10-21-9-15(19-11-21)13-6-4-5-7-18-13/h4-7,9,11-12,14H,8,10H2,1-3H3,(H,20,22). The lowest BCUT2D eigenvalue weighted by Crippen LogP contribution is -2.43. The third kappa shape index (κ3) is 4.91. The molecule has 128 valence electrons. The van der Waals surface area contributed by atoms with Gasteiger partial charge in [0.15, 0.2) is 0 Å². The molecule has 2 rings (SSSR count). The number of esters is 1. The Labute approximate surface area is 141 Å². The Morgan fingerprint density at radius 2 is 2.04 bits per heavy atom. The van der Waals surface area contributed by atoms with Gasteiger partial charge in [0.2, 0.25) is 5.91 Å². The van der Waals surface area contributed by atoms with E-state index in [9.17, 15) is 9.59 Å². The van der Waals surface area contributed by atoms with E-state index in [2.05, 4.69) is 15.3 Å². The van der Waals surface area contributed by atoms with Gasteiger partial charge in [0.1, 0.15) is 18.3 Å². The first-order chi connectivity index (χ1) is 11.5. The SMILES string of the molecule is COC(=O)C(CC(C)C)NC(=O)Cn1cnc(-c2ccccn2)c1. The lowest BCUT2D eigenvalue weighted by molar-refractivity contribution is -0.145. The number of hydrogen-bond donors (Lipinski definition) is 1. The van der Waals surface area contributed by atoms with E-state index in [-0.39, 0.29) is 18.4 Å². The van der Waals surface area contributed by atoms with Gasteiger partial charge in [-0.1, -0.05) is 19.9 Å². The van der Waals surface area contributed by atoms with Crippen molar-refractivity contribution in [3.05, 3.63) is 36.9 Å². The smallest absolute Gasteiger partial charge is 0.328 e. The average Bonchev–Trinajstić information content (AvgIpc) is 3.02. The number of ether oxygens (including phenoxy) is 1. The van der Waals surface area contributed by atoms with Crippen molar-refractivity contribution in [2.45, 2.75) is 32.9 Å². The zero-order chi connectivity index (χ0) is 17.5. The molecule has 0 aliphatic rings. The summed E-state index contributed by atoms with van der Waals surface area (Å²) in [5, 5.41) is 2.72. The van der Waals surface area contributed by atoms with Gasteiger partial charge in [-0.05, 0) is 24.5 Å². The monoisotopic (exact) mass is 330 g/mol. The number of carbonyl (C=O) groups excluding carboxylic acids is 2. The maximum absolute atomic E-state index is 12.2. The quantitative estimate of drug-likeness (QED) is 0.780. The highest BCUT2D eigenvalue weighted by Crippen LogP contribution is 2.13. The number of hydrogen-bond acceptors (Lipinski definition) is 5. The van der Waals surface area contributed by atoms with Crippen LogP contribution >= 0.6 is 0 Å². The number of imidazole rings is 1. The first-order valence-corrected chi connectivity index (χ1v) is 7.80. The van der Waals surface area contributed by atoms with E-state index >= 15 is 0 Å². The normalized spacial score (nSPS) is 12.0. The number of rotatable bonds is 7. The second kappa shape index (κ2) is 8.24. The number of pyridine rings is 1. The summed E-state index contributed by atoms with van der Waals surface area (Å²) < 4.78 is 6.40. The molecule has 0 aliphatic carbocycles. The van der Waals surface area contributed by atoms with Crippen LogP contribution in [0.15, 0.2) is 36.9 Å². The molecule has 0 spiro atoms. The van der Waals surface area contributed by atoms with Crippen molar-refractivity contribution in [2.24, 2.45) is 5.92 Å². The van der Waals surface area contributed by atoms with Crippen LogP contribution in [0.2, 0.25) is 0 Å². The van der Waals surface area contributed by atoms with Crippen molar-refractivity contribution >= 4 is 11.9 Å². The van der Waals surface area contributed by atoms with Crippen LogP contribution in [0.5, 0.6) is 0 Å². The molecule has 2 aromatic heterocycles. The zero-order valence-corrected chi connectivity index (χ0v) is 14.1. The first kappa shape index (κ1) is 17.7. The number of nitrogens with one attached hydrogen (secondary N) is 1. The Morgan fingerprint density at radius 1 is 1.25 bits per heavy atom. The fourth-order valence-corrected chi connectivity index (χ4v) is 2.33. The molecular formula is C17H22N4O3. The highest BCUT2D eigenvalue weighted by molar-refractivity contribution is 5.84. The molecule has 0 bridgehead atoms. The summed E-state index contributed by atoms with van der Waals surface area (Å²) in [7, 11) is 1.32. The molecule has 0 aliphatic heterocycles. The van der Waals surface area contributed by atoms with E-state index in [1.807, 2.05) is 32.0 Å². The van der Waals surface area contributed by atoms with Gasteiger partial charge in [0, 0.05) is 12.4 Å². The molecule has 1 N–H and O–H groups in total. The highest BCUT2D eigenvalue weighted by Gasteiger charge is 2.22. The summed E-state index contributed by atoms with van der Waals surface area (Å²) in [6.07, 6.45) is 5.53. The molecule has 0 saturated carbocycles. The van der Waals surface area contributed by atoms with Crippen molar-refractivity contribution in [1.82, 2.24) is 19.9 Å². The van der Waals surface area contributed by atoms with E-state index in [1.54, 1.807) is 23.3 Å². The Bertz CT molecular complexity index is 682. The fraction of sp³-hybridized carbons (Fsp3) is 0.412. The largest absolute Gasteiger partial charge is 0.467 e. The topological polar surface area (TPSA) is 86.1 Å². The summed E-state index contributed by atoms with van der Waals surface area (Å²) >= 11 is 0. The summed E-state index contributed by atoms with van der Waals surface area (Å²) in [5.74, 6) is -0.439. The Kier molecular flexibility index (Phi) is 6.06. The van der Waals surface area contributed by atoms with Crippen LogP contribution in [-0.2, 0) is 20.9 Å². The number of aromatic nitrogens is 3. The second-order valence-corrected chi connectivity index (χ2v) is 5.92. The lowest BCUT2D eigenvalue weighted by Gasteiger charge is -2.18. The molecule has 1 unspecified atom stereocenters. The van der Waals surface area contributed by atoms with Crippen LogP contribution in [0.3, 0.4) is 0 Å². The predicted octanol–water partition coefficient (Wildman–Crippen LogP) is 1.65. The van der Waals surface area contributed by atoms with Gasteiger partial charge in [0.25, 0.3) is 0 Å². The molecule has 1 atom stereocenters. The van der Waals surface area contributed by atoms with Crippen molar-refractivity contribution in [3.8, 4) is 11.4 Å². The third-order valence-electron chi connectivity index (χ3n) is 3.41. The van der Waals surface area contributed by atoms with E-state index < -0.39 is 12.0 Å². The number of nitrogens with zero attached hydrogens (tertiary/aromatic N) is 3. The number of carbonyl (C=O) groups is 2. The van der Waals surface area contributed by atoms with E-state index in [4.69, 9.17) is 4.74 Å². The molecule has 7 nitrogen and oxygen atoms in total. The Morgan fingerprint density at radius 3 is 2.67 bits per heavy atom. The van der Waals surface area contributed by atoms with Gasteiger partial charge in [-0.3, -0.25) is 9.78 Å². The highest BCUT2D eigenvalue weighted by atomic mass is 16.5. The molecule has 0 radical (unpaired) electrons. The van der Waals surface area contributed by atoms with Crippen molar-refractivity contribution in [2.75, 3.05) is 7.11 Å². The number of methoxy groups -OCH3 is 1. The molecule has 24 heavy (non-hydrogen) atoms. The first-order valence-electron chi connectivity index (χ1n) is 7.80. The summed E-state index contributed by atoms with van der Waals surface area (Å²) in [4.78, 5) is 32.4. The summed E-state index contributed by atoms with van der Waals surface area (Å²) in [6, 6.07) is 4.92. The van der Waals surface area contributed by atoms with Gasteiger partial charge in [-0.2, -0.15) is 0 Å². The number of amides is 1. The van der Waals surface area contributed by atoms with Gasteiger partial charge >= 0.3 is 5.97 Å². The van der Waals surface area contributed by atoms with Crippen LogP contribution in [0.4, 0.5) is 0 Å². The molecule has 1 amide bonds. The van der Waals surface area contributed by atoms with Crippen LogP contribution in [0, 0.1) is 5.92 Å². The van der Waals surface area contributed by atoms with E-state index in [0.717, 1.165) is 5.69 Å². The maximum atomic E-state index is 12.2. The second-order valence-electron chi connectivity index (χ2n) is 5.92. The van der Waals surface area contributed by atoms with Crippen LogP contribution in [0.25, 0.3) is 11.4 Å². The summed E-state index contributed by atoms with van der Waals surface area (Å²) in [6.45, 7) is 4.04. The van der Waals surface area contributed by atoms with Gasteiger partial charge in [-0.15, -0.1) is 0 Å². The van der Waals surface area contributed by atoms with Crippen LogP contribution in [0.1, 0.15) is 20.3 Å². The predicted molar refractivity (Wildman–Crippen MR) is 88.9 cm³/mol. The minimum absolute atomic E-state index is 0.0748. The van der Waals surface area contributed by atoms with Crippen LogP contribution in [-0.4, -0.2) is 39.6 Å². The third-order valence-corrected chi connectivity index (χ3v) is 3.41. The van der Waals surface area contributed by atoms with E-state index in [1.165, 1.54) is 7.11 Å². The molecule has 0 saturated heterocycles. The summed E-state index contributed by atoms with van der Waals surface area (Å²) in [5.41, 5.74) is 1.43. The minimum atomic E-state index is -0.638. The zero-order valence-electron chi connectivity index (χ0n) is 14.1. The lowest BCUT2D eigenvalue weighted by atomic mass is 10.0. The molecule has 0 aromatic carbocycles. The molecule has 7 heteroatoms.